The van der Waals surface area contributed by atoms with Crippen molar-refractivity contribution in [2.24, 2.45) is 11.8 Å². The van der Waals surface area contributed by atoms with Gasteiger partial charge in [-0.3, -0.25) is 0 Å². The third kappa shape index (κ3) is 2.76. The number of fused-ring (bicyclic) bond motifs is 1. The zero-order valence-corrected chi connectivity index (χ0v) is 11.5. The Morgan fingerprint density at radius 2 is 2.26 bits per heavy atom. The van der Waals surface area contributed by atoms with Crippen LogP contribution < -0.4 is 16.6 Å². The summed E-state index contributed by atoms with van der Waals surface area (Å²) in [7, 11) is 0. The summed E-state index contributed by atoms with van der Waals surface area (Å²) in [6.07, 6.45) is 8.03. The Morgan fingerprint density at radius 3 is 3.05 bits per heavy atom. The number of nitrogens with one attached hydrogen (secondary N) is 2. The van der Waals surface area contributed by atoms with E-state index >= 15 is 0 Å². The number of thioether (sulfide) groups is 1. The van der Waals surface area contributed by atoms with Gasteiger partial charge in [0.2, 0.25) is 0 Å². The molecule has 0 spiro atoms. The smallest absolute Gasteiger partial charge is 0.180 e. The molecule has 1 aliphatic heterocycles. The topological polar surface area (TPSA) is 80.3 Å². The molecule has 4 N–H and O–H groups in total. The van der Waals surface area contributed by atoms with Crippen molar-refractivity contribution >= 4 is 29.0 Å². The van der Waals surface area contributed by atoms with E-state index < -0.39 is 0 Å². The molecule has 2 aromatic heterocycles. The van der Waals surface area contributed by atoms with Crippen molar-refractivity contribution in [1.82, 2.24) is 14.4 Å². The summed E-state index contributed by atoms with van der Waals surface area (Å²) in [6, 6.07) is 0. The van der Waals surface area contributed by atoms with Crippen LogP contribution in [0, 0.1) is 5.92 Å². The number of anilines is 2. The fraction of sp³-hybridized carbons (Fsp3) is 0.500. The molecular formula is C12H18N6S. The van der Waals surface area contributed by atoms with Gasteiger partial charge in [-0.25, -0.2) is 15.8 Å². The molecule has 0 saturated carbocycles. The first kappa shape index (κ1) is 12.6. The van der Waals surface area contributed by atoms with Crippen molar-refractivity contribution in [3.05, 3.63) is 18.6 Å². The highest BCUT2D eigenvalue weighted by molar-refractivity contribution is 7.99. The van der Waals surface area contributed by atoms with Gasteiger partial charge in [0.05, 0.1) is 6.20 Å². The maximum atomic E-state index is 5.44. The summed E-state index contributed by atoms with van der Waals surface area (Å²) in [5.74, 6) is 10.1. The van der Waals surface area contributed by atoms with Crippen molar-refractivity contribution in [1.29, 1.82) is 0 Å². The lowest BCUT2D eigenvalue weighted by Gasteiger charge is -2.21. The Hall–Kier alpha value is -1.47. The number of aromatic nitrogens is 3. The predicted molar refractivity (Wildman–Crippen MR) is 79.3 cm³/mol. The normalized spacial score (nSPS) is 16.7. The first-order valence-corrected chi connectivity index (χ1v) is 7.64. The molecule has 0 atom stereocenters. The maximum Gasteiger partial charge on any atom is 0.180 e. The highest BCUT2D eigenvalue weighted by Gasteiger charge is 2.15. The summed E-state index contributed by atoms with van der Waals surface area (Å²) < 4.78 is 1.92. The van der Waals surface area contributed by atoms with Gasteiger partial charge in [-0.15, -0.1) is 0 Å². The predicted octanol–water partition coefficient (Wildman–Crippen LogP) is 1.57. The van der Waals surface area contributed by atoms with E-state index in [1.807, 2.05) is 28.6 Å². The van der Waals surface area contributed by atoms with Gasteiger partial charge in [-0.2, -0.15) is 11.8 Å². The van der Waals surface area contributed by atoms with Gasteiger partial charge in [0.15, 0.2) is 17.3 Å². The van der Waals surface area contributed by atoms with Crippen molar-refractivity contribution in [2.75, 3.05) is 28.8 Å². The van der Waals surface area contributed by atoms with Crippen molar-refractivity contribution in [2.45, 2.75) is 12.8 Å². The van der Waals surface area contributed by atoms with E-state index in [-0.39, 0.29) is 0 Å². The first-order chi connectivity index (χ1) is 9.36. The molecule has 1 aliphatic rings. The number of hydrogen-bond acceptors (Lipinski definition) is 6. The number of nitrogens with two attached hydrogens (primary N) is 1. The van der Waals surface area contributed by atoms with Crippen molar-refractivity contribution in [3.63, 3.8) is 0 Å². The highest BCUT2D eigenvalue weighted by Crippen LogP contribution is 2.23. The Bertz CT molecular complexity index is 548. The Labute approximate surface area is 116 Å². The largest absolute Gasteiger partial charge is 0.367 e. The lowest BCUT2D eigenvalue weighted by Crippen LogP contribution is -2.20. The standard InChI is InChI=1S/C12H18N6S/c13-17-10-8-18-4-3-14-12(18)11(16-10)15-7-9-1-5-19-6-2-9/h3-4,8-9,17H,1-2,5-7,13H2,(H,15,16). The minimum atomic E-state index is 0.632. The molecule has 3 rings (SSSR count). The van der Waals surface area contributed by atoms with Crippen LogP contribution in [0.4, 0.5) is 11.6 Å². The summed E-state index contributed by atoms with van der Waals surface area (Å²) >= 11 is 2.04. The lowest BCUT2D eigenvalue weighted by atomic mass is 10.0. The third-order valence-electron chi connectivity index (χ3n) is 3.42. The molecule has 6 nitrogen and oxygen atoms in total. The molecule has 1 fully saturated rings. The molecular weight excluding hydrogens is 260 g/mol. The van der Waals surface area contributed by atoms with E-state index in [0.29, 0.717) is 5.82 Å². The number of imidazole rings is 1. The number of nitrogens with zero attached hydrogens (tertiary/aromatic N) is 3. The molecule has 0 amide bonds. The van der Waals surface area contributed by atoms with Crippen molar-refractivity contribution < 1.29 is 0 Å². The maximum absolute atomic E-state index is 5.44. The van der Waals surface area contributed by atoms with E-state index in [4.69, 9.17) is 5.84 Å². The van der Waals surface area contributed by atoms with Crippen LogP contribution >= 0.6 is 11.8 Å². The van der Waals surface area contributed by atoms with Crippen LogP contribution in [0.15, 0.2) is 18.6 Å². The molecule has 102 valence electrons. The fourth-order valence-electron chi connectivity index (χ4n) is 2.31. The summed E-state index contributed by atoms with van der Waals surface area (Å²) in [6.45, 7) is 0.949. The molecule has 7 heteroatoms. The molecule has 1 saturated heterocycles. The second-order valence-corrected chi connectivity index (χ2v) is 5.94. The first-order valence-electron chi connectivity index (χ1n) is 6.49. The van der Waals surface area contributed by atoms with Crippen LogP contribution in [-0.4, -0.2) is 32.4 Å². The van der Waals surface area contributed by atoms with Gasteiger partial charge in [0, 0.05) is 18.9 Å². The van der Waals surface area contributed by atoms with E-state index in [1.54, 1.807) is 6.20 Å². The molecule has 3 heterocycles. The third-order valence-corrected chi connectivity index (χ3v) is 4.47. The second-order valence-electron chi connectivity index (χ2n) is 4.71. The SMILES string of the molecule is NNc1cn2ccnc2c(NCC2CCSCC2)n1. The van der Waals surface area contributed by atoms with Crippen LogP contribution in [-0.2, 0) is 0 Å². The van der Waals surface area contributed by atoms with Crippen molar-refractivity contribution in [3.8, 4) is 0 Å². The van der Waals surface area contributed by atoms with Crippen LogP contribution in [0.2, 0.25) is 0 Å². The van der Waals surface area contributed by atoms with Gasteiger partial charge >= 0.3 is 0 Å². The van der Waals surface area contributed by atoms with Gasteiger partial charge in [-0.1, -0.05) is 0 Å². The minimum absolute atomic E-state index is 0.632. The van der Waals surface area contributed by atoms with E-state index in [1.165, 1.54) is 24.3 Å². The molecule has 0 aliphatic carbocycles. The zero-order valence-electron chi connectivity index (χ0n) is 10.7. The number of rotatable bonds is 4. The molecule has 0 unspecified atom stereocenters. The quantitative estimate of drug-likeness (QED) is 0.582. The monoisotopic (exact) mass is 278 g/mol. The van der Waals surface area contributed by atoms with Crippen LogP contribution in [0.5, 0.6) is 0 Å². The number of nitrogen functional groups attached to an aromatic ring is 1. The summed E-state index contributed by atoms with van der Waals surface area (Å²) in [5, 5.41) is 3.42. The van der Waals surface area contributed by atoms with Gasteiger partial charge in [-0.05, 0) is 30.3 Å². The average Bonchev–Trinajstić information content (AvgIpc) is 2.94. The average molecular weight is 278 g/mol. The molecule has 2 aromatic rings. The van der Waals surface area contributed by atoms with Crippen LogP contribution in [0.3, 0.4) is 0 Å². The molecule has 0 radical (unpaired) electrons. The van der Waals surface area contributed by atoms with Crippen LogP contribution in [0.1, 0.15) is 12.8 Å². The molecule has 0 aromatic carbocycles. The Balaban J connectivity index is 1.77. The summed E-state index contributed by atoms with van der Waals surface area (Å²) in [5.41, 5.74) is 3.42. The van der Waals surface area contributed by atoms with E-state index in [0.717, 1.165) is 23.9 Å². The molecule has 0 bridgehead atoms. The fourth-order valence-corrected chi connectivity index (χ4v) is 3.52. The highest BCUT2D eigenvalue weighted by atomic mass is 32.2. The lowest BCUT2D eigenvalue weighted by molar-refractivity contribution is 0.515. The van der Waals surface area contributed by atoms with Gasteiger partial charge < -0.3 is 15.1 Å². The Morgan fingerprint density at radius 1 is 1.42 bits per heavy atom. The Kier molecular flexibility index (Phi) is 3.74. The van der Waals surface area contributed by atoms with Gasteiger partial charge in [0.1, 0.15) is 0 Å². The van der Waals surface area contributed by atoms with E-state index in [2.05, 4.69) is 20.7 Å². The second kappa shape index (κ2) is 5.66. The number of hydrogen-bond donors (Lipinski definition) is 3. The number of hydrazine groups is 1. The zero-order chi connectivity index (χ0) is 13.1. The van der Waals surface area contributed by atoms with Gasteiger partial charge in [0.25, 0.3) is 0 Å². The van der Waals surface area contributed by atoms with E-state index in [9.17, 15) is 0 Å². The molecule has 19 heavy (non-hydrogen) atoms. The minimum Gasteiger partial charge on any atom is -0.367 e. The van der Waals surface area contributed by atoms with Crippen LogP contribution in [0.25, 0.3) is 5.65 Å². The summed E-state index contributed by atoms with van der Waals surface area (Å²) in [4.78, 5) is 8.76.